The fourth-order valence-electron chi connectivity index (χ4n) is 2.84. The third kappa shape index (κ3) is 3.01. The van der Waals surface area contributed by atoms with Gasteiger partial charge in [-0.15, -0.1) is 5.10 Å². The number of nitrogens with zero attached hydrogens (tertiary/aromatic N) is 3. The number of aryl methyl sites for hydroxylation is 1. The third-order valence-corrected chi connectivity index (χ3v) is 3.82. The van der Waals surface area contributed by atoms with Gasteiger partial charge < -0.3 is 5.32 Å². The van der Waals surface area contributed by atoms with E-state index in [-0.39, 0.29) is 0 Å². The summed E-state index contributed by atoms with van der Waals surface area (Å²) in [5.74, 6) is 0. The van der Waals surface area contributed by atoms with Gasteiger partial charge in [0.05, 0.1) is 12.7 Å². The molecule has 1 heterocycles. The molecular weight excluding hydrogens is 236 g/mol. The zero-order chi connectivity index (χ0) is 12.9. The van der Waals surface area contributed by atoms with Gasteiger partial charge in [0.1, 0.15) is 0 Å². The van der Waals surface area contributed by atoms with Crippen molar-refractivity contribution in [2.75, 3.05) is 6.54 Å². The van der Waals surface area contributed by atoms with E-state index < -0.39 is 0 Å². The normalized spacial score (nSPS) is 18.8. The second-order valence-electron chi connectivity index (χ2n) is 5.12. The van der Waals surface area contributed by atoms with Gasteiger partial charge in [-0.05, 0) is 30.4 Å². The van der Waals surface area contributed by atoms with E-state index in [9.17, 15) is 0 Å². The minimum atomic E-state index is 0.488. The van der Waals surface area contributed by atoms with Crippen LogP contribution in [0.1, 0.15) is 36.4 Å². The first kappa shape index (κ1) is 12.4. The molecule has 1 aromatic carbocycles. The smallest absolute Gasteiger partial charge is 0.0692 e. The number of benzene rings is 1. The van der Waals surface area contributed by atoms with Crippen molar-refractivity contribution >= 4 is 0 Å². The Morgan fingerprint density at radius 1 is 1.26 bits per heavy atom. The molecule has 0 fully saturated rings. The molecule has 0 saturated carbocycles. The predicted octanol–water partition coefficient (Wildman–Crippen LogP) is 2.34. The molecule has 0 radical (unpaired) electrons. The van der Waals surface area contributed by atoms with E-state index in [1.54, 1.807) is 6.20 Å². The van der Waals surface area contributed by atoms with Crippen molar-refractivity contribution < 1.29 is 0 Å². The highest BCUT2D eigenvalue weighted by Gasteiger charge is 2.17. The van der Waals surface area contributed by atoms with Gasteiger partial charge in [0.2, 0.25) is 0 Å². The Kier molecular flexibility index (Phi) is 3.89. The minimum absolute atomic E-state index is 0.488. The maximum Gasteiger partial charge on any atom is 0.0692 e. The van der Waals surface area contributed by atoms with Gasteiger partial charge in [0.15, 0.2) is 0 Å². The van der Waals surface area contributed by atoms with Crippen LogP contribution in [0.25, 0.3) is 0 Å². The van der Waals surface area contributed by atoms with Crippen molar-refractivity contribution in [3.8, 4) is 0 Å². The molecule has 1 aromatic heterocycles. The molecular formula is C15H20N4. The molecule has 19 heavy (non-hydrogen) atoms. The molecule has 0 amide bonds. The summed E-state index contributed by atoms with van der Waals surface area (Å²) in [6.07, 6.45) is 8.68. The van der Waals surface area contributed by atoms with Gasteiger partial charge >= 0.3 is 0 Å². The first-order valence-corrected chi connectivity index (χ1v) is 7.09. The average molecular weight is 256 g/mol. The molecule has 4 nitrogen and oxygen atoms in total. The summed E-state index contributed by atoms with van der Waals surface area (Å²) in [5.41, 5.74) is 3.00. The Labute approximate surface area is 113 Å². The number of hydrogen-bond donors (Lipinski definition) is 1. The lowest BCUT2D eigenvalue weighted by molar-refractivity contribution is 0.455. The maximum atomic E-state index is 3.99. The number of rotatable bonds is 4. The second kappa shape index (κ2) is 5.97. The van der Waals surface area contributed by atoms with E-state index in [0.29, 0.717) is 6.04 Å². The summed E-state index contributed by atoms with van der Waals surface area (Å²) < 4.78 is 1.87. The van der Waals surface area contributed by atoms with E-state index in [4.69, 9.17) is 0 Å². The molecule has 0 bridgehead atoms. The zero-order valence-corrected chi connectivity index (χ0v) is 11.1. The summed E-state index contributed by atoms with van der Waals surface area (Å²) in [4.78, 5) is 0. The molecule has 2 aromatic rings. The van der Waals surface area contributed by atoms with Crippen molar-refractivity contribution in [2.45, 2.75) is 38.3 Å². The number of nitrogens with one attached hydrogen (secondary N) is 1. The van der Waals surface area contributed by atoms with Gasteiger partial charge in [0, 0.05) is 18.8 Å². The van der Waals surface area contributed by atoms with Gasteiger partial charge in [0.25, 0.3) is 0 Å². The molecule has 0 saturated heterocycles. The summed E-state index contributed by atoms with van der Waals surface area (Å²) in [7, 11) is 0. The molecule has 1 N–H and O–H groups in total. The molecule has 1 atom stereocenters. The van der Waals surface area contributed by atoms with Crippen molar-refractivity contribution in [1.29, 1.82) is 0 Å². The van der Waals surface area contributed by atoms with Gasteiger partial charge in [-0.2, -0.15) is 0 Å². The number of aromatic nitrogens is 3. The number of fused-ring (bicyclic) bond motifs is 1. The minimum Gasteiger partial charge on any atom is -0.308 e. The van der Waals surface area contributed by atoms with Crippen LogP contribution in [0.2, 0.25) is 0 Å². The molecule has 1 unspecified atom stereocenters. The van der Waals surface area contributed by atoms with Crippen LogP contribution in [0.5, 0.6) is 0 Å². The molecule has 1 aliphatic rings. The summed E-state index contributed by atoms with van der Waals surface area (Å²) in [5, 5.41) is 11.5. The molecule has 100 valence electrons. The third-order valence-electron chi connectivity index (χ3n) is 3.82. The molecule has 3 rings (SSSR count). The lowest BCUT2D eigenvalue weighted by Gasteiger charge is -2.19. The molecule has 1 aliphatic carbocycles. The Balaban J connectivity index is 1.63. The molecule has 0 spiro atoms. The van der Waals surface area contributed by atoms with Crippen molar-refractivity contribution in [2.24, 2.45) is 0 Å². The highest BCUT2D eigenvalue weighted by molar-refractivity contribution is 5.31. The Morgan fingerprint density at radius 3 is 3.11 bits per heavy atom. The van der Waals surface area contributed by atoms with Crippen LogP contribution in [0.3, 0.4) is 0 Å². The SMILES string of the molecule is c1ccc2c(c1)CCCCC2NCCn1ccnn1. The summed E-state index contributed by atoms with van der Waals surface area (Å²) >= 11 is 0. The Bertz CT molecular complexity index is 507. The highest BCUT2D eigenvalue weighted by atomic mass is 15.4. The van der Waals surface area contributed by atoms with Gasteiger partial charge in [-0.25, -0.2) is 0 Å². The predicted molar refractivity (Wildman–Crippen MR) is 74.8 cm³/mol. The van der Waals surface area contributed by atoms with E-state index in [2.05, 4.69) is 39.9 Å². The van der Waals surface area contributed by atoms with Crippen LogP contribution in [0.15, 0.2) is 36.7 Å². The molecule has 4 heteroatoms. The van der Waals surface area contributed by atoms with Gasteiger partial charge in [-0.3, -0.25) is 4.68 Å². The van der Waals surface area contributed by atoms with Crippen LogP contribution in [0, 0.1) is 0 Å². The lowest BCUT2D eigenvalue weighted by atomic mass is 9.99. The monoisotopic (exact) mass is 256 g/mol. The summed E-state index contributed by atoms with van der Waals surface area (Å²) in [6, 6.07) is 9.33. The van der Waals surface area contributed by atoms with Crippen LogP contribution >= 0.6 is 0 Å². The van der Waals surface area contributed by atoms with E-state index in [1.165, 1.54) is 36.8 Å². The number of hydrogen-bond acceptors (Lipinski definition) is 3. The van der Waals surface area contributed by atoms with Crippen molar-refractivity contribution in [3.63, 3.8) is 0 Å². The van der Waals surface area contributed by atoms with Crippen LogP contribution in [-0.4, -0.2) is 21.5 Å². The topological polar surface area (TPSA) is 42.7 Å². The van der Waals surface area contributed by atoms with E-state index in [1.807, 2.05) is 10.9 Å². The largest absolute Gasteiger partial charge is 0.308 e. The highest BCUT2D eigenvalue weighted by Crippen LogP contribution is 2.28. The van der Waals surface area contributed by atoms with Crippen LogP contribution < -0.4 is 5.32 Å². The zero-order valence-electron chi connectivity index (χ0n) is 11.1. The fraction of sp³-hybridized carbons (Fsp3) is 0.467. The van der Waals surface area contributed by atoms with Crippen LogP contribution in [-0.2, 0) is 13.0 Å². The van der Waals surface area contributed by atoms with E-state index >= 15 is 0 Å². The Hall–Kier alpha value is -1.68. The Morgan fingerprint density at radius 2 is 2.21 bits per heavy atom. The maximum absolute atomic E-state index is 3.99. The summed E-state index contributed by atoms with van der Waals surface area (Å²) in [6.45, 7) is 1.81. The van der Waals surface area contributed by atoms with E-state index in [0.717, 1.165) is 13.1 Å². The first-order chi connectivity index (χ1) is 9.43. The van der Waals surface area contributed by atoms with Gasteiger partial charge in [-0.1, -0.05) is 35.9 Å². The quantitative estimate of drug-likeness (QED) is 0.854. The van der Waals surface area contributed by atoms with Crippen molar-refractivity contribution in [3.05, 3.63) is 47.8 Å². The average Bonchev–Trinajstić information content (AvgIpc) is 2.87. The molecule has 0 aliphatic heterocycles. The standard InChI is InChI=1S/C15H20N4/c1-3-7-14-13(5-1)6-2-4-8-15(14)16-9-11-19-12-10-17-18-19/h1,3,5,7,10,12,15-16H,2,4,6,8-9,11H2. The van der Waals surface area contributed by atoms with Crippen molar-refractivity contribution in [1.82, 2.24) is 20.3 Å². The lowest BCUT2D eigenvalue weighted by Crippen LogP contribution is -2.25. The van der Waals surface area contributed by atoms with Crippen LogP contribution in [0.4, 0.5) is 0 Å². The second-order valence-corrected chi connectivity index (χ2v) is 5.12. The first-order valence-electron chi connectivity index (χ1n) is 7.09. The fourth-order valence-corrected chi connectivity index (χ4v) is 2.84.